The van der Waals surface area contributed by atoms with Gasteiger partial charge in [0, 0.05) is 0 Å². The van der Waals surface area contributed by atoms with Gasteiger partial charge in [-0.2, -0.15) is 0 Å². The van der Waals surface area contributed by atoms with Crippen molar-refractivity contribution >= 4 is 41.6 Å². The average Bonchev–Trinajstić information content (AvgIpc) is 2.98. The molecule has 0 heterocycles. The van der Waals surface area contributed by atoms with Gasteiger partial charge in [-0.05, 0) is 38.0 Å². The standard InChI is InChI=1S/C34H56O14/c1-5-6-14-22(3)32(48-31(42)20-25(34(45)46)18-29(39)40)27(47-30(41)19-24(33(43)44)17-28(37)38)16-21(2)13-11-9-7-8-10-12-15-26(36)23(4)35/h21-22,24-27,32,36H,5-20H2,1-4H3,(H,37,38)(H,39,40)(H,43,44)(H,45,46). The van der Waals surface area contributed by atoms with Gasteiger partial charge in [0.25, 0.3) is 0 Å². The molecule has 0 radical (unpaired) electrons. The summed E-state index contributed by atoms with van der Waals surface area (Å²) in [6.45, 7) is 7.03. The Morgan fingerprint density at radius 1 is 0.604 bits per heavy atom. The van der Waals surface area contributed by atoms with Crippen LogP contribution in [-0.4, -0.2) is 85.4 Å². The molecule has 0 aromatic rings. The van der Waals surface area contributed by atoms with Gasteiger partial charge in [0.05, 0.1) is 37.5 Å². The molecule has 7 unspecified atom stereocenters. The molecule has 0 rings (SSSR count). The summed E-state index contributed by atoms with van der Waals surface area (Å²) in [4.78, 5) is 82.7. The highest BCUT2D eigenvalue weighted by molar-refractivity contribution is 5.84. The van der Waals surface area contributed by atoms with Crippen LogP contribution in [0.1, 0.15) is 130 Å². The fraction of sp³-hybridized carbons (Fsp3) is 0.794. The minimum absolute atomic E-state index is 0.0545. The van der Waals surface area contributed by atoms with Gasteiger partial charge in [-0.3, -0.25) is 33.6 Å². The number of esters is 2. The number of hydrogen-bond donors (Lipinski definition) is 5. The highest BCUT2D eigenvalue weighted by atomic mass is 16.6. The van der Waals surface area contributed by atoms with Crippen LogP contribution in [0, 0.1) is 23.7 Å². The number of carboxylic acid groups (broad SMARTS) is 4. The number of aliphatic hydroxyl groups excluding tert-OH is 1. The Bertz CT molecular complexity index is 1040. The zero-order valence-corrected chi connectivity index (χ0v) is 28.8. The summed E-state index contributed by atoms with van der Waals surface area (Å²) in [5, 5.41) is 46.6. The van der Waals surface area contributed by atoms with E-state index in [9.17, 15) is 48.9 Å². The summed E-state index contributed by atoms with van der Waals surface area (Å²) in [7, 11) is 0. The van der Waals surface area contributed by atoms with Crippen molar-refractivity contribution in [1.82, 2.24) is 0 Å². The lowest BCUT2D eigenvalue weighted by molar-refractivity contribution is -0.177. The zero-order chi connectivity index (χ0) is 36.8. The Morgan fingerprint density at radius 2 is 1.06 bits per heavy atom. The second-order valence-electron chi connectivity index (χ2n) is 12.9. The summed E-state index contributed by atoms with van der Waals surface area (Å²) in [6.07, 6.45) is 2.65. The van der Waals surface area contributed by atoms with Gasteiger partial charge < -0.3 is 35.0 Å². The third kappa shape index (κ3) is 20.6. The quantitative estimate of drug-likeness (QED) is 0.0521. The number of rotatable bonds is 29. The SMILES string of the molecule is CCCCC(C)C(OC(=O)CC(CC(=O)O)C(=O)O)C(CC(C)CCCCCCCCC(O)C(C)=O)OC(=O)CC(CC(=O)O)C(=O)O. The summed E-state index contributed by atoms with van der Waals surface area (Å²) in [6, 6.07) is 0. The number of ketones is 1. The Balaban J connectivity index is 5.81. The van der Waals surface area contributed by atoms with Crippen molar-refractivity contribution in [3.63, 3.8) is 0 Å². The number of unbranched alkanes of at least 4 members (excludes halogenated alkanes) is 6. The van der Waals surface area contributed by atoms with Gasteiger partial charge in [-0.1, -0.05) is 78.6 Å². The van der Waals surface area contributed by atoms with Crippen molar-refractivity contribution in [2.24, 2.45) is 23.7 Å². The van der Waals surface area contributed by atoms with Crippen LogP contribution in [-0.2, 0) is 43.0 Å². The number of hydrogen-bond acceptors (Lipinski definition) is 10. The average molecular weight is 689 g/mol. The zero-order valence-electron chi connectivity index (χ0n) is 28.8. The van der Waals surface area contributed by atoms with Gasteiger partial charge in [0.15, 0.2) is 5.78 Å². The topological polar surface area (TPSA) is 239 Å². The van der Waals surface area contributed by atoms with Crippen LogP contribution in [0.5, 0.6) is 0 Å². The van der Waals surface area contributed by atoms with Crippen molar-refractivity contribution in [1.29, 1.82) is 0 Å². The molecule has 0 saturated heterocycles. The van der Waals surface area contributed by atoms with E-state index < -0.39 is 91.6 Å². The van der Waals surface area contributed by atoms with Crippen LogP contribution in [0.2, 0.25) is 0 Å². The van der Waals surface area contributed by atoms with Crippen molar-refractivity contribution in [3.05, 3.63) is 0 Å². The molecular formula is C34H56O14. The Kier molecular flexibility index (Phi) is 22.8. The maximum atomic E-state index is 13.0. The van der Waals surface area contributed by atoms with Crippen molar-refractivity contribution in [2.75, 3.05) is 0 Å². The molecule has 0 saturated carbocycles. The number of ether oxygens (including phenoxy) is 2. The monoisotopic (exact) mass is 688 g/mol. The van der Waals surface area contributed by atoms with Gasteiger partial charge in [0.1, 0.15) is 18.3 Å². The Morgan fingerprint density at radius 3 is 1.50 bits per heavy atom. The maximum Gasteiger partial charge on any atom is 0.307 e. The van der Waals surface area contributed by atoms with E-state index in [-0.39, 0.29) is 24.0 Å². The molecule has 14 heteroatoms. The largest absolute Gasteiger partial charge is 0.481 e. The van der Waals surface area contributed by atoms with E-state index in [0.717, 1.165) is 57.8 Å². The molecule has 0 spiro atoms. The molecule has 0 aliphatic carbocycles. The van der Waals surface area contributed by atoms with E-state index in [1.54, 1.807) is 6.92 Å². The molecule has 7 atom stereocenters. The molecule has 0 aliphatic rings. The predicted octanol–water partition coefficient (Wildman–Crippen LogP) is 4.86. The fourth-order valence-electron chi connectivity index (χ4n) is 5.49. The second-order valence-corrected chi connectivity index (χ2v) is 12.9. The normalized spacial score (nSPS) is 15.6. The molecule has 5 N–H and O–H groups in total. The minimum atomic E-state index is -1.54. The molecule has 0 bridgehead atoms. The maximum absolute atomic E-state index is 13.0. The Labute approximate surface area is 282 Å². The van der Waals surface area contributed by atoms with E-state index in [2.05, 4.69) is 0 Å². The van der Waals surface area contributed by atoms with Crippen LogP contribution in [0.3, 0.4) is 0 Å². The predicted molar refractivity (Wildman–Crippen MR) is 172 cm³/mol. The summed E-state index contributed by atoms with van der Waals surface area (Å²) < 4.78 is 11.5. The van der Waals surface area contributed by atoms with E-state index in [0.29, 0.717) is 12.8 Å². The van der Waals surface area contributed by atoms with Crippen LogP contribution in [0.25, 0.3) is 0 Å². The highest BCUT2D eigenvalue weighted by Crippen LogP contribution is 2.29. The lowest BCUT2D eigenvalue weighted by Crippen LogP contribution is -2.42. The molecule has 0 aliphatic heterocycles. The first-order valence-electron chi connectivity index (χ1n) is 16.9. The van der Waals surface area contributed by atoms with Gasteiger partial charge in [0.2, 0.25) is 0 Å². The van der Waals surface area contributed by atoms with Crippen LogP contribution in [0.15, 0.2) is 0 Å². The van der Waals surface area contributed by atoms with Gasteiger partial charge in [-0.15, -0.1) is 0 Å². The van der Waals surface area contributed by atoms with E-state index in [1.165, 1.54) is 6.92 Å². The molecule has 14 nitrogen and oxygen atoms in total. The molecular weight excluding hydrogens is 632 g/mol. The van der Waals surface area contributed by atoms with Crippen molar-refractivity contribution in [3.8, 4) is 0 Å². The fourth-order valence-corrected chi connectivity index (χ4v) is 5.49. The van der Waals surface area contributed by atoms with Crippen molar-refractivity contribution in [2.45, 2.75) is 149 Å². The van der Waals surface area contributed by atoms with Gasteiger partial charge >= 0.3 is 35.8 Å². The third-order valence-electron chi connectivity index (χ3n) is 8.39. The smallest absolute Gasteiger partial charge is 0.307 e. The molecule has 276 valence electrons. The molecule has 0 aromatic carbocycles. The summed E-state index contributed by atoms with van der Waals surface area (Å²) in [5.74, 6) is -11.5. The molecule has 0 fully saturated rings. The van der Waals surface area contributed by atoms with E-state index in [4.69, 9.17) is 19.7 Å². The number of aliphatic carboxylic acids is 4. The van der Waals surface area contributed by atoms with E-state index >= 15 is 0 Å². The number of carboxylic acids is 4. The number of aliphatic hydroxyl groups is 1. The Hall–Kier alpha value is -3.55. The molecule has 0 amide bonds. The summed E-state index contributed by atoms with van der Waals surface area (Å²) >= 11 is 0. The van der Waals surface area contributed by atoms with E-state index in [1.807, 2.05) is 13.8 Å². The lowest BCUT2D eigenvalue weighted by Gasteiger charge is -2.33. The second kappa shape index (κ2) is 24.6. The lowest BCUT2D eigenvalue weighted by atomic mass is 9.87. The number of carbonyl (C=O) groups excluding carboxylic acids is 3. The summed E-state index contributed by atoms with van der Waals surface area (Å²) in [5.41, 5.74) is 0. The first kappa shape index (κ1) is 44.5. The number of carbonyl (C=O) groups is 7. The molecule has 48 heavy (non-hydrogen) atoms. The minimum Gasteiger partial charge on any atom is -0.481 e. The van der Waals surface area contributed by atoms with Gasteiger partial charge in [-0.25, -0.2) is 0 Å². The highest BCUT2D eigenvalue weighted by Gasteiger charge is 2.36. The van der Waals surface area contributed by atoms with Crippen LogP contribution in [0.4, 0.5) is 0 Å². The van der Waals surface area contributed by atoms with Crippen LogP contribution < -0.4 is 0 Å². The number of Topliss-reactive ketones (excluding diaryl/α,β-unsaturated/α-hetero) is 1. The van der Waals surface area contributed by atoms with Crippen molar-refractivity contribution < 1.29 is 68.6 Å². The van der Waals surface area contributed by atoms with Crippen LogP contribution >= 0.6 is 0 Å². The first-order chi connectivity index (χ1) is 22.5. The third-order valence-corrected chi connectivity index (χ3v) is 8.39. The first-order valence-corrected chi connectivity index (χ1v) is 16.9. The molecule has 0 aromatic heterocycles.